The second-order valence-corrected chi connectivity index (χ2v) is 8.10. The molecule has 3 rings (SSSR count). The summed E-state index contributed by atoms with van der Waals surface area (Å²) in [4.78, 5) is 38.1. The van der Waals surface area contributed by atoms with Gasteiger partial charge in [-0.2, -0.15) is 0 Å². The van der Waals surface area contributed by atoms with Crippen LogP contribution in [0.15, 0.2) is 18.2 Å². The molecule has 1 aromatic carbocycles. The van der Waals surface area contributed by atoms with Crippen LogP contribution in [0.1, 0.15) is 38.5 Å². The zero-order valence-corrected chi connectivity index (χ0v) is 16.5. The predicted octanol–water partition coefficient (Wildman–Crippen LogP) is 3.53. The molecule has 25 heavy (non-hydrogen) atoms. The summed E-state index contributed by atoms with van der Waals surface area (Å²) in [6.45, 7) is 0.0697. The fourth-order valence-corrected chi connectivity index (χ4v) is 4.29. The van der Waals surface area contributed by atoms with Gasteiger partial charge in [-0.3, -0.25) is 14.5 Å². The van der Waals surface area contributed by atoms with E-state index in [0.29, 0.717) is 23.6 Å². The Hall–Kier alpha value is -1.35. The van der Waals surface area contributed by atoms with Gasteiger partial charge >= 0.3 is 6.03 Å². The topological polar surface area (TPSA) is 78.5 Å². The van der Waals surface area contributed by atoms with E-state index < -0.39 is 11.6 Å². The molecule has 2 fully saturated rings. The van der Waals surface area contributed by atoms with Gasteiger partial charge in [0.25, 0.3) is 5.91 Å². The second kappa shape index (κ2) is 7.49. The average molecular weight is 476 g/mol. The summed E-state index contributed by atoms with van der Waals surface area (Å²) < 4.78 is 0.970. The highest BCUT2D eigenvalue weighted by Gasteiger charge is 2.50. The molecule has 1 saturated carbocycles. The van der Waals surface area contributed by atoms with Gasteiger partial charge in [-0.15, -0.1) is 0 Å². The number of benzene rings is 1. The van der Waals surface area contributed by atoms with Gasteiger partial charge in [-0.1, -0.05) is 30.9 Å². The van der Waals surface area contributed by atoms with Crippen LogP contribution in [0.2, 0.25) is 5.02 Å². The van der Waals surface area contributed by atoms with Crippen molar-refractivity contribution in [2.45, 2.75) is 44.1 Å². The molecule has 1 aliphatic heterocycles. The first kappa shape index (κ1) is 18.4. The van der Waals surface area contributed by atoms with Crippen LogP contribution < -0.4 is 10.6 Å². The maximum absolute atomic E-state index is 12.6. The van der Waals surface area contributed by atoms with E-state index in [9.17, 15) is 14.4 Å². The molecule has 0 bridgehead atoms. The third-order valence-electron chi connectivity index (χ3n) is 4.72. The number of carbonyl (C=O) groups excluding carboxylic acids is 3. The lowest BCUT2D eigenvalue weighted by atomic mass is 9.82. The van der Waals surface area contributed by atoms with Crippen LogP contribution in [-0.4, -0.2) is 34.8 Å². The molecule has 1 spiro atoms. The molecule has 1 saturated heterocycles. The van der Waals surface area contributed by atoms with Crippen molar-refractivity contribution >= 4 is 57.7 Å². The van der Waals surface area contributed by atoms with Crippen molar-refractivity contribution in [1.82, 2.24) is 10.2 Å². The minimum absolute atomic E-state index is 0.0392. The van der Waals surface area contributed by atoms with Crippen LogP contribution in [0.5, 0.6) is 0 Å². The number of hydrogen-bond acceptors (Lipinski definition) is 3. The first-order valence-electron chi connectivity index (χ1n) is 8.30. The average Bonchev–Trinajstić information content (AvgIpc) is 2.79. The highest BCUT2D eigenvalue weighted by molar-refractivity contribution is 14.1. The summed E-state index contributed by atoms with van der Waals surface area (Å²) in [7, 11) is 0. The van der Waals surface area contributed by atoms with Crippen LogP contribution >= 0.6 is 34.2 Å². The number of amides is 4. The molecule has 1 aliphatic carbocycles. The minimum Gasteiger partial charge on any atom is -0.325 e. The Morgan fingerprint density at radius 1 is 1.28 bits per heavy atom. The SMILES string of the molecule is O=C(CCN1C(=O)NC2(CCCCC2)C1=O)Nc1ccc(I)cc1Cl. The van der Waals surface area contributed by atoms with Crippen LogP contribution in [-0.2, 0) is 9.59 Å². The Morgan fingerprint density at radius 3 is 2.68 bits per heavy atom. The summed E-state index contributed by atoms with van der Waals surface area (Å²) in [5.74, 6) is -0.481. The highest BCUT2D eigenvalue weighted by atomic mass is 127. The van der Waals surface area contributed by atoms with Gasteiger partial charge in [-0.05, 0) is 53.6 Å². The van der Waals surface area contributed by atoms with Gasteiger partial charge in [0.1, 0.15) is 5.54 Å². The molecular formula is C17H19ClIN3O3. The minimum atomic E-state index is -0.745. The molecule has 1 aromatic rings. The molecular weight excluding hydrogens is 457 g/mol. The Balaban J connectivity index is 1.58. The number of anilines is 1. The number of nitrogens with zero attached hydrogens (tertiary/aromatic N) is 1. The quantitative estimate of drug-likeness (QED) is 0.517. The van der Waals surface area contributed by atoms with Gasteiger partial charge in [0.05, 0.1) is 10.7 Å². The number of halogens is 2. The molecule has 8 heteroatoms. The molecule has 2 N–H and O–H groups in total. The molecule has 4 amide bonds. The summed E-state index contributed by atoms with van der Waals surface area (Å²) in [5, 5.41) is 6.01. The van der Waals surface area contributed by atoms with Gasteiger partial charge in [0.2, 0.25) is 5.91 Å². The summed E-state index contributed by atoms with van der Waals surface area (Å²) in [6, 6.07) is 4.92. The Labute approximate surface area is 164 Å². The monoisotopic (exact) mass is 475 g/mol. The second-order valence-electron chi connectivity index (χ2n) is 6.45. The van der Waals surface area contributed by atoms with Crippen LogP contribution in [0.4, 0.5) is 10.5 Å². The van der Waals surface area contributed by atoms with Crippen molar-refractivity contribution in [3.8, 4) is 0 Å². The molecule has 0 unspecified atom stereocenters. The van der Waals surface area contributed by atoms with E-state index in [1.807, 2.05) is 6.07 Å². The molecule has 1 heterocycles. The fourth-order valence-electron chi connectivity index (χ4n) is 3.39. The van der Waals surface area contributed by atoms with Crippen molar-refractivity contribution in [3.63, 3.8) is 0 Å². The highest BCUT2D eigenvalue weighted by Crippen LogP contribution is 2.33. The van der Waals surface area contributed by atoms with Crippen LogP contribution in [0.25, 0.3) is 0 Å². The summed E-state index contributed by atoms with van der Waals surface area (Å²) in [5.41, 5.74) is -0.223. The Bertz CT molecular complexity index is 719. The first-order chi connectivity index (χ1) is 11.9. The maximum Gasteiger partial charge on any atom is 0.325 e. The van der Waals surface area contributed by atoms with Crippen LogP contribution in [0, 0.1) is 3.57 Å². The molecule has 0 atom stereocenters. The van der Waals surface area contributed by atoms with E-state index >= 15 is 0 Å². The fraction of sp³-hybridized carbons (Fsp3) is 0.471. The largest absolute Gasteiger partial charge is 0.325 e. The lowest BCUT2D eigenvalue weighted by Gasteiger charge is -2.30. The van der Waals surface area contributed by atoms with E-state index in [0.717, 1.165) is 22.8 Å². The van der Waals surface area contributed by atoms with E-state index in [1.165, 1.54) is 4.90 Å². The number of rotatable bonds is 4. The van der Waals surface area contributed by atoms with Crippen molar-refractivity contribution in [3.05, 3.63) is 26.8 Å². The van der Waals surface area contributed by atoms with Crippen molar-refractivity contribution < 1.29 is 14.4 Å². The Kier molecular flexibility index (Phi) is 5.52. The number of hydrogen-bond donors (Lipinski definition) is 2. The first-order valence-corrected chi connectivity index (χ1v) is 9.76. The summed E-state index contributed by atoms with van der Waals surface area (Å²) >= 11 is 8.23. The Morgan fingerprint density at radius 2 is 2.00 bits per heavy atom. The number of urea groups is 1. The summed E-state index contributed by atoms with van der Waals surface area (Å²) in [6.07, 6.45) is 4.36. The van der Waals surface area contributed by atoms with Crippen LogP contribution in [0.3, 0.4) is 0 Å². The number of nitrogens with one attached hydrogen (secondary N) is 2. The van der Waals surface area contributed by atoms with E-state index in [4.69, 9.17) is 11.6 Å². The predicted molar refractivity (Wildman–Crippen MR) is 103 cm³/mol. The zero-order chi connectivity index (χ0) is 18.0. The van der Waals surface area contributed by atoms with E-state index in [1.54, 1.807) is 12.1 Å². The van der Waals surface area contributed by atoms with Crippen molar-refractivity contribution in [1.29, 1.82) is 0 Å². The van der Waals surface area contributed by atoms with Gasteiger partial charge in [-0.25, -0.2) is 4.79 Å². The van der Waals surface area contributed by atoms with Gasteiger partial charge < -0.3 is 10.6 Å². The lowest BCUT2D eigenvalue weighted by molar-refractivity contribution is -0.132. The van der Waals surface area contributed by atoms with E-state index in [-0.39, 0.29) is 24.8 Å². The third-order valence-corrected chi connectivity index (χ3v) is 5.70. The van der Waals surface area contributed by atoms with Crippen molar-refractivity contribution in [2.75, 3.05) is 11.9 Å². The zero-order valence-electron chi connectivity index (χ0n) is 13.6. The molecule has 2 aliphatic rings. The van der Waals surface area contributed by atoms with Crippen molar-refractivity contribution in [2.24, 2.45) is 0 Å². The van der Waals surface area contributed by atoms with Gasteiger partial charge in [0, 0.05) is 16.5 Å². The molecule has 0 aromatic heterocycles. The molecule has 134 valence electrons. The number of imide groups is 1. The van der Waals surface area contributed by atoms with Gasteiger partial charge in [0.15, 0.2) is 0 Å². The standard InChI is InChI=1S/C17H19ClIN3O3/c18-12-10-11(19)4-5-13(12)20-14(23)6-9-22-15(24)17(21-16(22)25)7-2-1-3-8-17/h4-5,10H,1-3,6-9H2,(H,20,23)(H,21,25). The molecule has 0 radical (unpaired) electrons. The third kappa shape index (κ3) is 3.92. The smallest absolute Gasteiger partial charge is 0.325 e. The lowest BCUT2D eigenvalue weighted by Crippen LogP contribution is -2.48. The molecule has 6 nitrogen and oxygen atoms in total. The van der Waals surface area contributed by atoms with E-state index in [2.05, 4.69) is 33.2 Å². The number of carbonyl (C=O) groups is 3. The normalized spacial score (nSPS) is 19.2. The maximum atomic E-state index is 12.6.